The van der Waals surface area contributed by atoms with Crippen LogP contribution in [0.2, 0.25) is 0 Å². The Morgan fingerprint density at radius 3 is 3.00 bits per heavy atom. The first kappa shape index (κ1) is 12.0. The monoisotopic (exact) mass is 269 g/mol. The Morgan fingerprint density at radius 1 is 1.44 bits per heavy atom. The van der Waals surface area contributed by atoms with Gasteiger partial charge in [-0.2, -0.15) is 4.98 Å². The molecule has 5 nitrogen and oxygen atoms in total. The molecule has 0 bridgehead atoms. The summed E-state index contributed by atoms with van der Waals surface area (Å²) in [5.41, 5.74) is 0. The summed E-state index contributed by atoms with van der Waals surface area (Å²) in [6.45, 7) is 0.765. The normalized spacial score (nSPS) is 23.6. The van der Waals surface area contributed by atoms with Crippen LogP contribution in [0, 0.1) is 0 Å². The van der Waals surface area contributed by atoms with Crippen LogP contribution in [0.3, 0.4) is 0 Å². The molecule has 6 heteroatoms. The van der Waals surface area contributed by atoms with Crippen LogP contribution in [-0.2, 0) is 4.79 Å². The number of likely N-dealkylation sites (tertiary alicyclic amines) is 1. The summed E-state index contributed by atoms with van der Waals surface area (Å²) in [5.74, 6) is 2.33. The zero-order valence-corrected chi connectivity index (χ0v) is 10.9. The predicted molar refractivity (Wildman–Crippen MR) is 65.3 cm³/mol. The van der Waals surface area contributed by atoms with Crippen molar-refractivity contribution in [2.75, 3.05) is 12.4 Å². The number of amides is 1. The fourth-order valence-electron chi connectivity index (χ4n) is 2.44. The molecule has 18 heavy (non-hydrogen) atoms. The molecule has 1 aliphatic heterocycles. The van der Waals surface area contributed by atoms with E-state index in [2.05, 4.69) is 10.1 Å². The molecule has 2 fully saturated rings. The van der Waals surface area contributed by atoms with E-state index in [1.54, 1.807) is 0 Å². The van der Waals surface area contributed by atoms with Gasteiger partial charge in [0.05, 0.1) is 0 Å². The zero-order chi connectivity index (χ0) is 12.5. The number of carbonyl (C=O) groups is 1. The maximum atomic E-state index is 11.9. The summed E-state index contributed by atoms with van der Waals surface area (Å²) in [7, 11) is 0. The minimum atomic E-state index is -0.0410. The van der Waals surface area contributed by atoms with Crippen LogP contribution < -0.4 is 0 Å². The highest BCUT2D eigenvalue weighted by atomic mass is 35.5. The van der Waals surface area contributed by atoms with E-state index in [-0.39, 0.29) is 11.9 Å². The van der Waals surface area contributed by atoms with Crippen molar-refractivity contribution in [3.8, 4) is 0 Å². The van der Waals surface area contributed by atoms with Crippen LogP contribution in [-0.4, -0.2) is 33.4 Å². The van der Waals surface area contributed by atoms with Crippen molar-refractivity contribution in [3.63, 3.8) is 0 Å². The van der Waals surface area contributed by atoms with Gasteiger partial charge in [-0.1, -0.05) is 5.16 Å². The van der Waals surface area contributed by atoms with Gasteiger partial charge in [0.2, 0.25) is 11.8 Å². The van der Waals surface area contributed by atoms with E-state index < -0.39 is 0 Å². The van der Waals surface area contributed by atoms with E-state index in [1.807, 2.05) is 4.90 Å². The van der Waals surface area contributed by atoms with Crippen molar-refractivity contribution in [3.05, 3.63) is 11.7 Å². The fraction of sp³-hybridized carbons (Fsp3) is 0.750. The predicted octanol–water partition coefficient (Wildman–Crippen LogP) is 2.24. The standard InChI is InChI=1S/C12H16ClN3O2/c13-6-5-10(17)16-7-1-2-9(16)12-14-11(15-18-12)8-3-4-8/h8-9H,1-7H2. The van der Waals surface area contributed by atoms with E-state index in [4.69, 9.17) is 16.1 Å². The average molecular weight is 270 g/mol. The Bertz CT molecular complexity index is 444. The Morgan fingerprint density at radius 2 is 2.28 bits per heavy atom. The molecule has 1 unspecified atom stereocenters. The molecule has 0 aromatic carbocycles. The Hall–Kier alpha value is -1.10. The minimum absolute atomic E-state index is 0.0410. The molecule has 1 aromatic rings. The smallest absolute Gasteiger partial charge is 0.249 e. The molecule has 1 atom stereocenters. The Kier molecular flexibility index (Phi) is 3.24. The maximum Gasteiger partial charge on any atom is 0.249 e. The average Bonchev–Trinajstić information content (AvgIpc) is 2.93. The van der Waals surface area contributed by atoms with Gasteiger partial charge in [0.1, 0.15) is 6.04 Å². The number of carbonyl (C=O) groups excluding carboxylic acids is 1. The van der Waals surface area contributed by atoms with Gasteiger partial charge in [0.25, 0.3) is 0 Å². The van der Waals surface area contributed by atoms with E-state index >= 15 is 0 Å². The highest BCUT2D eigenvalue weighted by Crippen LogP contribution is 2.39. The molecule has 1 saturated heterocycles. The molecule has 1 aromatic heterocycles. The van der Waals surface area contributed by atoms with Crippen LogP contribution in [0.15, 0.2) is 4.52 Å². The number of hydrogen-bond donors (Lipinski definition) is 0. The second-order valence-electron chi connectivity index (χ2n) is 4.95. The van der Waals surface area contributed by atoms with Gasteiger partial charge in [0, 0.05) is 24.8 Å². The van der Waals surface area contributed by atoms with Crippen molar-refractivity contribution in [1.82, 2.24) is 15.0 Å². The molecule has 0 radical (unpaired) electrons. The second kappa shape index (κ2) is 4.88. The van der Waals surface area contributed by atoms with Gasteiger partial charge in [-0.05, 0) is 25.7 Å². The second-order valence-corrected chi connectivity index (χ2v) is 5.33. The van der Waals surface area contributed by atoms with Gasteiger partial charge in [-0.25, -0.2) is 0 Å². The number of aromatic nitrogens is 2. The summed E-state index contributed by atoms with van der Waals surface area (Å²) < 4.78 is 5.32. The topological polar surface area (TPSA) is 59.2 Å². The van der Waals surface area contributed by atoms with Crippen molar-refractivity contribution < 1.29 is 9.32 Å². The molecule has 2 aliphatic rings. The summed E-state index contributed by atoms with van der Waals surface area (Å²) in [5, 5.41) is 4.01. The van der Waals surface area contributed by atoms with Crippen molar-refractivity contribution in [2.45, 2.75) is 44.1 Å². The third kappa shape index (κ3) is 2.23. The van der Waals surface area contributed by atoms with E-state index in [1.165, 1.54) is 0 Å². The number of nitrogens with zero attached hydrogens (tertiary/aromatic N) is 3. The van der Waals surface area contributed by atoms with Crippen LogP contribution in [0.4, 0.5) is 0 Å². The van der Waals surface area contributed by atoms with Crippen molar-refractivity contribution in [2.24, 2.45) is 0 Å². The van der Waals surface area contributed by atoms with Gasteiger partial charge in [0.15, 0.2) is 5.82 Å². The maximum absolute atomic E-state index is 11.9. The van der Waals surface area contributed by atoms with Crippen molar-refractivity contribution in [1.29, 1.82) is 0 Å². The number of halogens is 1. The lowest BCUT2D eigenvalue weighted by Crippen LogP contribution is -2.30. The number of alkyl halides is 1. The highest BCUT2D eigenvalue weighted by Gasteiger charge is 2.35. The van der Waals surface area contributed by atoms with E-state index in [0.717, 1.165) is 38.1 Å². The lowest BCUT2D eigenvalue weighted by Gasteiger charge is -2.21. The molecule has 0 spiro atoms. The summed E-state index contributed by atoms with van der Waals surface area (Å²) >= 11 is 5.62. The number of rotatable bonds is 4. The quantitative estimate of drug-likeness (QED) is 0.787. The molecule has 98 valence electrons. The fourth-order valence-corrected chi connectivity index (χ4v) is 2.60. The van der Waals surface area contributed by atoms with Crippen molar-refractivity contribution >= 4 is 17.5 Å². The first-order valence-corrected chi connectivity index (χ1v) is 7.02. The summed E-state index contributed by atoms with van der Waals surface area (Å²) in [6.07, 6.45) is 4.57. The Labute approximate surface area is 110 Å². The lowest BCUT2D eigenvalue weighted by atomic mass is 10.2. The minimum Gasteiger partial charge on any atom is -0.337 e. The first-order chi connectivity index (χ1) is 8.79. The molecule has 1 saturated carbocycles. The highest BCUT2D eigenvalue weighted by molar-refractivity contribution is 6.18. The largest absolute Gasteiger partial charge is 0.337 e. The van der Waals surface area contributed by atoms with Crippen LogP contribution in [0.5, 0.6) is 0 Å². The molecular weight excluding hydrogens is 254 g/mol. The van der Waals surface area contributed by atoms with Gasteiger partial charge in [-0.3, -0.25) is 4.79 Å². The molecule has 3 rings (SSSR count). The van der Waals surface area contributed by atoms with Gasteiger partial charge >= 0.3 is 0 Å². The lowest BCUT2D eigenvalue weighted by molar-refractivity contribution is -0.132. The molecule has 2 heterocycles. The molecular formula is C12H16ClN3O2. The SMILES string of the molecule is O=C(CCCl)N1CCCC1c1nc(C2CC2)no1. The molecule has 0 N–H and O–H groups in total. The van der Waals surface area contributed by atoms with E-state index in [0.29, 0.717) is 24.1 Å². The van der Waals surface area contributed by atoms with Gasteiger partial charge in [-0.15, -0.1) is 11.6 Å². The zero-order valence-electron chi connectivity index (χ0n) is 10.1. The van der Waals surface area contributed by atoms with E-state index in [9.17, 15) is 4.79 Å². The first-order valence-electron chi connectivity index (χ1n) is 6.48. The van der Waals surface area contributed by atoms with Crippen LogP contribution in [0.25, 0.3) is 0 Å². The summed E-state index contributed by atoms with van der Waals surface area (Å²) in [4.78, 5) is 18.2. The number of hydrogen-bond acceptors (Lipinski definition) is 4. The molecule has 1 amide bonds. The third-order valence-corrected chi connectivity index (χ3v) is 3.76. The van der Waals surface area contributed by atoms with Crippen LogP contribution >= 0.6 is 11.6 Å². The Balaban J connectivity index is 1.74. The third-order valence-electron chi connectivity index (χ3n) is 3.57. The van der Waals surface area contributed by atoms with Crippen LogP contribution in [0.1, 0.15) is 55.8 Å². The van der Waals surface area contributed by atoms with Gasteiger partial charge < -0.3 is 9.42 Å². The molecule has 1 aliphatic carbocycles. The summed E-state index contributed by atoms with van der Waals surface area (Å²) in [6, 6.07) is -0.0410.